The molecule has 32 heavy (non-hydrogen) atoms. The minimum absolute atomic E-state index is 0.295. The second-order valence-corrected chi connectivity index (χ2v) is 7.88. The van der Waals surface area contributed by atoms with Crippen LogP contribution in [0.25, 0.3) is 22.4 Å². The van der Waals surface area contributed by atoms with Gasteiger partial charge in [-0.1, -0.05) is 30.1 Å². The van der Waals surface area contributed by atoms with Crippen LogP contribution in [0.4, 0.5) is 5.69 Å². The summed E-state index contributed by atoms with van der Waals surface area (Å²) in [4.78, 5) is 37.1. The number of nitrogens with one attached hydrogen (secondary N) is 2. The summed E-state index contributed by atoms with van der Waals surface area (Å²) in [5, 5.41) is 3.45. The SMILES string of the molecule is CCC(OC(=O)c1ccc2nc(-c3cccnc3)[nH]c2c1)C(=O)Nc1cc(Cl)cc(Cl)c1. The summed E-state index contributed by atoms with van der Waals surface area (Å²) < 4.78 is 5.46. The molecule has 1 atom stereocenters. The number of benzene rings is 2. The van der Waals surface area contributed by atoms with Crippen LogP contribution in [-0.2, 0) is 9.53 Å². The van der Waals surface area contributed by atoms with Gasteiger partial charge in [-0.15, -0.1) is 0 Å². The second kappa shape index (κ2) is 9.38. The molecule has 162 valence electrons. The number of anilines is 1. The van der Waals surface area contributed by atoms with Gasteiger partial charge in [0, 0.05) is 33.7 Å². The monoisotopic (exact) mass is 468 g/mol. The number of halogens is 2. The zero-order chi connectivity index (χ0) is 22.7. The summed E-state index contributed by atoms with van der Waals surface area (Å²) in [6.45, 7) is 1.75. The Bertz CT molecular complexity index is 1270. The van der Waals surface area contributed by atoms with Gasteiger partial charge in [0.05, 0.1) is 16.6 Å². The van der Waals surface area contributed by atoms with E-state index in [-0.39, 0.29) is 0 Å². The van der Waals surface area contributed by atoms with E-state index in [9.17, 15) is 9.59 Å². The van der Waals surface area contributed by atoms with Gasteiger partial charge >= 0.3 is 5.97 Å². The highest BCUT2D eigenvalue weighted by atomic mass is 35.5. The van der Waals surface area contributed by atoms with Crippen LogP contribution in [0, 0.1) is 0 Å². The van der Waals surface area contributed by atoms with Gasteiger partial charge in [-0.05, 0) is 55.0 Å². The van der Waals surface area contributed by atoms with Gasteiger partial charge < -0.3 is 15.0 Å². The van der Waals surface area contributed by atoms with Crippen molar-refractivity contribution in [3.63, 3.8) is 0 Å². The fourth-order valence-corrected chi connectivity index (χ4v) is 3.67. The molecule has 2 aromatic heterocycles. The van der Waals surface area contributed by atoms with E-state index < -0.39 is 18.0 Å². The lowest BCUT2D eigenvalue weighted by Crippen LogP contribution is -2.32. The van der Waals surface area contributed by atoms with Crippen LogP contribution in [0.3, 0.4) is 0 Å². The molecular weight excluding hydrogens is 451 g/mol. The van der Waals surface area contributed by atoms with E-state index in [1.54, 1.807) is 55.7 Å². The van der Waals surface area contributed by atoms with Crippen molar-refractivity contribution >= 4 is 51.8 Å². The van der Waals surface area contributed by atoms with Gasteiger partial charge in [0.2, 0.25) is 0 Å². The molecule has 0 aliphatic rings. The second-order valence-electron chi connectivity index (χ2n) is 7.01. The number of hydrogen-bond donors (Lipinski definition) is 2. The fraction of sp³-hybridized carbons (Fsp3) is 0.130. The Morgan fingerprint density at radius 3 is 2.59 bits per heavy atom. The number of H-pyrrole nitrogens is 1. The van der Waals surface area contributed by atoms with E-state index in [1.807, 2.05) is 12.1 Å². The summed E-state index contributed by atoms with van der Waals surface area (Å²) in [7, 11) is 0. The zero-order valence-corrected chi connectivity index (χ0v) is 18.4. The lowest BCUT2D eigenvalue weighted by atomic mass is 10.2. The lowest BCUT2D eigenvalue weighted by Gasteiger charge is -2.16. The van der Waals surface area contributed by atoms with E-state index in [2.05, 4.69) is 20.3 Å². The zero-order valence-electron chi connectivity index (χ0n) is 16.9. The van der Waals surface area contributed by atoms with Crippen molar-refractivity contribution in [2.24, 2.45) is 0 Å². The summed E-state index contributed by atoms with van der Waals surface area (Å²) in [6.07, 6.45) is 2.69. The standard InChI is InChI=1S/C23H18Cl2N4O3/c1-2-20(22(30)27-17-10-15(24)9-16(25)11-17)32-23(31)13-5-6-18-19(8-13)29-21(28-18)14-4-3-7-26-12-14/h3-12,20H,2H2,1H3,(H,27,30)(H,28,29). The van der Waals surface area contributed by atoms with Gasteiger partial charge in [0.25, 0.3) is 5.91 Å². The number of hydrogen-bond acceptors (Lipinski definition) is 5. The first-order valence-electron chi connectivity index (χ1n) is 9.81. The lowest BCUT2D eigenvalue weighted by molar-refractivity contribution is -0.124. The van der Waals surface area contributed by atoms with Crippen LogP contribution < -0.4 is 5.32 Å². The molecule has 2 heterocycles. The molecule has 1 unspecified atom stereocenters. The summed E-state index contributed by atoms with van der Waals surface area (Å²) in [6, 6.07) is 13.4. The maximum Gasteiger partial charge on any atom is 0.338 e. The third-order valence-electron chi connectivity index (χ3n) is 4.70. The molecule has 9 heteroatoms. The predicted molar refractivity (Wildman–Crippen MR) is 124 cm³/mol. The molecule has 2 aromatic carbocycles. The van der Waals surface area contributed by atoms with Crippen molar-refractivity contribution in [2.75, 3.05) is 5.32 Å². The van der Waals surface area contributed by atoms with Crippen molar-refractivity contribution in [2.45, 2.75) is 19.4 Å². The van der Waals surface area contributed by atoms with Crippen molar-refractivity contribution in [1.29, 1.82) is 0 Å². The third kappa shape index (κ3) is 4.90. The Morgan fingerprint density at radius 1 is 1.12 bits per heavy atom. The number of carbonyl (C=O) groups excluding carboxylic acids is 2. The topological polar surface area (TPSA) is 97.0 Å². The maximum atomic E-state index is 12.7. The number of amides is 1. The number of nitrogens with zero attached hydrogens (tertiary/aromatic N) is 2. The van der Waals surface area contributed by atoms with Crippen molar-refractivity contribution in [3.05, 3.63) is 76.5 Å². The molecule has 0 radical (unpaired) electrons. The first-order valence-corrected chi connectivity index (χ1v) is 10.6. The summed E-state index contributed by atoms with van der Waals surface area (Å²) in [5.74, 6) is -0.444. The normalized spacial score (nSPS) is 11.8. The molecule has 0 aliphatic heterocycles. The van der Waals surface area contributed by atoms with Gasteiger partial charge in [-0.2, -0.15) is 0 Å². The summed E-state index contributed by atoms with van der Waals surface area (Å²) in [5.41, 5.74) is 2.92. The number of aromatic nitrogens is 3. The van der Waals surface area contributed by atoms with Crippen LogP contribution in [0.2, 0.25) is 10.0 Å². The minimum atomic E-state index is -0.983. The molecular formula is C23H18Cl2N4O3. The first kappa shape index (κ1) is 21.8. The Labute approximate surface area is 193 Å². The largest absolute Gasteiger partial charge is 0.449 e. The number of esters is 1. The quantitative estimate of drug-likeness (QED) is 0.363. The number of pyridine rings is 1. The van der Waals surface area contributed by atoms with Crippen LogP contribution >= 0.6 is 23.2 Å². The van der Waals surface area contributed by atoms with E-state index in [0.29, 0.717) is 44.6 Å². The summed E-state index contributed by atoms with van der Waals surface area (Å²) >= 11 is 11.9. The Hall–Kier alpha value is -3.42. The van der Waals surface area contributed by atoms with Gasteiger partial charge in [-0.25, -0.2) is 9.78 Å². The van der Waals surface area contributed by atoms with Crippen LogP contribution in [0.1, 0.15) is 23.7 Å². The number of rotatable bonds is 6. The average Bonchev–Trinajstić information content (AvgIpc) is 3.20. The van der Waals surface area contributed by atoms with E-state index in [4.69, 9.17) is 27.9 Å². The number of imidazole rings is 1. The minimum Gasteiger partial charge on any atom is -0.449 e. The van der Waals surface area contributed by atoms with Crippen LogP contribution in [0.5, 0.6) is 0 Å². The molecule has 4 rings (SSSR count). The molecule has 7 nitrogen and oxygen atoms in total. The predicted octanol–water partition coefficient (Wildman–Crippen LogP) is 5.51. The maximum absolute atomic E-state index is 12.7. The Balaban J connectivity index is 1.49. The highest BCUT2D eigenvalue weighted by molar-refractivity contribution is 6.35. The van der Waals surface area contributed by atoms with Crippen molar-refractivity contribution in [3.8, 4) is 11.4 Å². The van der Waals surface area contributed by atoms with E-state index in [1.165, 1.54) is 0 Å². The number of carbonyl (C=O) groups is 2. The Kier molecular flexibility index (Phi) is 6.39. The molecule has 4 aromatic rings. The first-order chi connectivity index (χ1) is 15.4. The smallest absolute Gasteiger partial charge is 0.338 e. The molecule has 2 N–H and O–H groups in total. The highest BCUT2D eigenvalue weighted by Crippen LogP contribution is 2.24. The van der Waals surface area contributed by atoms with Crippen molar-refractivity contribution in [1.82, 2.24) is 15.0 Å². The van der Waals surface area contributed by atoms with Gasteiger partial charge in [0.15, 0.2) is 6.10 Å². The van der Waals surface area contributed by atoms with E-state index in [0.717, 1.165) is 5.56 Å². The molecule has 1 amide bonds. The number of ether oxygens (including phenoxy) is 1. The molecule has 0 fully saturated rings. The molecule has 0 bridgehead atoms. The average molecular weight is 469 g/mol. The third-order valence-corrected chi connectivity index (χ3v) is 5.13. The number of fused-ring (bicyclic) bond motifs is 1. The number of aromatic amines is 1. The van der Waals surface area contributed by atoms with E-state index >= 15 is 0 Å². The highest BCUT2D eigenvalue weighted by Gasteiger charge is 2.23. The van der Waals surface area contributed by atoms with Crippen LogP contribution in [0.15, 0.2) is 60.9 Å². The van der Waals surface area contributed by atoms with Gasteiger partial charge in [-0.3, -0.25) is 9.78 Å². The molecule has 0 saturated heterocycles. The van der Waals surface area contributed by atoms with Gasteiger partial charge in [0.1, 0.15) is 5.82 Å². The molecule has 0 aliphatic carbocycles. The molecule has 0 saturated carbocycles. The van der Waals surface area contributed by atoms with Crippen molar-refractivity contribution < 1.29 is 14.3 Å². The Morgan fingerprint density at radius 2 is 1.91 bits per heavy atom. The molecule has 0 spiro atoms. The fourth-order valence-electron chi connectivity index (χ4n) is 3.14. The van der Waals surface area contributed by atoms with Crippen LogP contribution in [-0.4, -0.2) is 32.9 Å².